The van der Waals surface area contributed by atoms with Gasteiger partial charge in [0, 0.05) is 38.2 Å². The summed E-state index contributed by atoms with van der Waals surface area (Å²) < 4.78 is 48.4. The van der Waals surface area contributed by atoms with E-state index in [1.165, 1.54) is 0 Å². The minimum absolute atomic E-state index is 0.00896. The number of hydrogen-bond donors (Lipinski definition) is 1. The Hall–Kier alpha value is -2.11. The van der Waals surface area contributed by atoms with Gasteiger partial charge in [-0.2, -0.15) is 13.2 Å². The van der Waals surface area contributed by atoms with Crippen molar-refractivity contribution in [1.29, 1.82) is 0 Å². The summed E-state index contributed by atoms with van der Waals surface area (Å²) in [5.41, 5.74) is -0.00896. The van der Waals surface area contributed by atoms with Crippen LogP contribution in [0, 0.1) is 11.3 Å². The van der Waals surface area contributed by atoms with Crippen molar-refractivity contribution >= 4 is 11.9 Å². The van der Waals surface area contributed by atoms with Crippen molar-refractivity contribution < 1.29 is 41.8 Å². The minimum Gasteiger partial charge on any atom is -0.475 e. The van der Waals surface area contributed by atoms with E-state index in [0.29, 0.717) is 32.3 Å². The predicted octanol–water partition coefficient (Wildman–Crippen LogP) is 2.25. The Morgan fingerprint density at radius 1 is 1.35 bits per heavy atom. The molecular formula is C20H29F3N2O6. The molecule has 3 rings (SSSR count). The van der Waals surface area contributed by atoms with Gasteiger partial charge < -0.3 is 23.9 Å². The van der Waals surface area contributed by atoms with Crippen molar-refractivity contribution in [2.75, 3.05) is 52.6 Å². The number of furan rings is 1. The Bertz CT molecular complexity index is 712. The molecule has 176 valence electrons. The second-order valence-corrected chi connectivity index (χ2v) is 7.82. The van der Waals surface area contributed by atoms with Crippen LogP contribution in [0.1, 0.15) is 19.6 Å². The summed E-state index contributed by atoms with van der Waals surface area (Å²) in [6.07, 6.45) is -3.37. The van der Waals surface area contributed by atoms with Gasteiger partial charge in [0.2, 0.25) is 5.91 Å². The SMILES string of the molecule is CCOCC(=O)N1CCOC[C@]2(CN(Cc3ccco3)C[C@H]2C)C1.O=C(O)C(F)(F)F. The van der Waals surface area contributed by atoms with Crippen LogP contribution in [0.3, 0.4) is 0 Å². The molecule has 8 nitrogen and oxygen atoms in total. The van der Waals surface area contributed by atoms with Crippen molar-refractivity contribution in [2.45, 2.75) is 26.6 Å². The molecule has 3 heterocycles. The lowest BCUT2D eigenvalue weighted by atomic mass is 9.79. The van der Waals surface area contributed by atoms with E-state index in [1.54, 1.807) is 6.26 Å². The maximum atomic E-state index is 12.4. The van der Waals surface area contributed by atoms with Gasteiger partial charge in [0.25, 0.3) is 0 Å². The fourth-order valence-corrected chi connectivity index (χ4v) is 3.83. The van der Waals surface area contributed by atoms with Crippen LogP contribution in [0.4, 0.5) is 13.2 Å². The molecule has 2 fully saturated rings. The summed E-state index contributed by atoms with van der Waals surface area (Å²) in [5, 5.41) is 7.12. The van der Waals surface area contributed by atoms with Gasteiger partial charge in [-0.1, -0.05) is 6.92 Å². The van der Waals surface area contributed by atoms with Crippen LogP contribution in [-0.4, -0.2) is 85.6 Å². The fraction of sp³-hybridized carbons (Fsp3) is 0.700. The van der Waals surface area contributed by atoms with Crippen LogP contribution in [0.15, 0.2) is 22.8 Å². The molecule has 11 heteroatoms. The van der Waals surface area contributed by atoms with Crippen molar-refractivity contribution in [3.05, 3.63) is 24.2 Å². The first kappa shape index (κ1) is 25.2. The average molecular weight is 450 g/mol. The molecule has 0 aromatic carbocycles. The zero-order valence-corrected chi connectivity index (χ0v) is 17.7. The molecule has 1 aromatic rings. The van der Waals surface area contributed by atoms with Gasteiger partial charge in [0.05, 0.1) is 26.0 Å². The first-order valence-electron chi connectivity index (χ1n) is 10.1. The summed E-state index contributed by atoms with van der Waals surface area (Å²) in [7, 11) is 0. The van der Waals surface area contributed by atoms with Crippen molar-refractivity contribution in [3.63, 3.8) is 0 Å². The fourth-order valence-electron chi connectivity index (χ4n) is 3.83. The largest absolute Gasteiger partial charge is 0.490 e. The number of carbonyl (C=O) groups excluding carboxylic acids is 1. The number of carboxylic acid groups (broad SMARTS) is 1. The Balaban J connectivity index is 0.000000423. The number of carbonyl (C=O) groups is 2. The number of nitrogens with zero attached hydrogens (tertiary/aromatic N) is 2. The van der Waals surface area contributed by atoms with Crippen molar-refractivity contribution in [3.8, 4) is 0 Å². The number of alkyl halides is 3. The van der Waals surface area contributed by atoms with Crippen LogP contribution in [0.5, 0.6) is 0 Å². The second-order valence-electron chi connectivity index (χ2n) is 7.82. The van der Waals surface area contributed by atoms with Gasteiger partial charge in [-0.15, -0.1) is 0 Å². The highest BCUT2D eigenvalue weighted by Gasteiger charge is 2.47. The van der Waals surface area contributed by atoms with Crippen LogP contribution in [0.2, 0.25) is 0 Å². The van der Waals surface area contributed by atoms with E-state index in [0.717, 1.165) is 31.9 Å². The highest BCUT2D eigenvalue weighted by molar-refractivity contribution is 5.77. The first-order valence-corrected chi connectivity index (χ1v) is 10.1. The maximum Gasteiger partial charge on any atom is 0.490 e. The van der Waals surface area contributed by atoms with E-state index in [4.69, 9.17) is 23.8 Å². The molecule has 1 N–H and O–H groups in total. The molecule has 0 bridgehead atoms. The number of aliphatic carboxylic acids is 1. The van der Waals surface area contributed by atoms with Crippen LogP contribution < -0.4 is 0 Å². The van der Waals surface area contributed by atoms with E-state index in [-0.39, 0.29) is 17.9 Å². The van der Waals surface area contributed by atoms with Crippen LogP contribution >= 0.6 is 0 Å². The zero-order valence-electron chi connectivity index (χ0n) is 17.7. The third-order valence-corrected chi connectivity index (χ3v) is 5.50. The molecule has 0 aliphatic carbocycles. The summed E-state index contributed by atoms with van der Waals surface area (Å²) >= 11 is 0. The van der Waals surface area contributed by atoms with Crippen LogP contribution in [-0.2, 0) is 25.6 Å². The standard InChI is InChI=1S/C18H28N2O4.C2HF3O2/c1-3-22-11-17(21)20-6-8-23-14-18(13-20)12-19(9-15(18)2)10-16-5-4-7-24-16;3-2(4,5)1(6)7/h4-5,7,15H,3,6,8-14H2,1-2H3;(H,6,7)/t15-,18+;/m1./s1. The molecular weight excluding hydrogens is 421 g/mol. The third-order valence-electron chi connectivity index (χ3n) is 5.50. The van der Waals surface area contributed by atoms with Crippen molar-refractivity contribution in [2.24, 2.45) is 11.3 Å². The Kier molecular flexibility index (Phi) is 8.90. The molecule has 2 aliphatic heterocycles. The monoisotopic (exact) mass is 450 g/mol. The molecule has 1 aromatic heterocycles. The van der Waals surface area contributed by atoms with E-state index in [2.05, 4.69) is 11.8 Å². The number of carboxylic acids is 1. The molecule has 0 unspecified atom stereocenters. The number of amides is 1. The number of hydrogen-bond acceptors (Lipinski definition) is 6. The quantitative estimate of drug-likeness (QED) is 0.736. The Morgan fingerprint density at radius 3 is 2.65 bits per heavy atom. The molecule has 31 heavy (non-hydrogen) atoms. The van der Waals surface area contributed by atoms with Crippen LogP contribution in [0.25, 0.3) is 0 Å². The Morgan fingerprint density at radius 2 is 2.06 bits per heavy atom. The lowest BCUT2D eigenvalue weighted by Gasteiger charge is -2.35. The third kappa shape index (κ3) is 7.22. The average Bonchev–Trinajstić information content (AvgIpc) is 3.23. The summed E-state index contributed by atoms with van der Waals surface area (Å²) in [4.78, 5) is 25.6. The molecule has 2 atom stereocenters. The lowest BCUT2D eigenvalue weighted by molar-refractivity contribution is -0.192. The predicted molar refractivity (Wildman–Crippen MR) is 103 cm³/mol. The lowest BCUT2D eigenvalue weighted by Crippen LogP contribution is -2.46. The molecule has 1 amide bonds. The molecule has 2 aliphatic rings. The number of halogens is 3. The van der Waals surface area contributed by atoms with Gasteiger partial charge >= 0.3 is 12.1 Å². The topological polar surface area (TPSA) is 92.5 Å². The molecule has 1 spiro atoms. The summed E-state index contributed by atoms with van der Waals surface area (Å²) in [6.45, 7) is 10.3. The van der Waals surface area contributed by atoms with E-state index in [1.807, 2.05) is 24.0 Å². The zero-order chi connectivity index (χ0) is 23.1. The number of likely N-dealkylation sites (tertiary alicyclic amines) is 1. The summed E-state index contributed by atoms with van der Waals surface area (Å²) in [5.74, 6) is -1.24. The molecule has 0 radical (unpaired) electrons. The summed E-state index contributed by atoms with van der Waals surface area (Å²) in [6, 6.07) is 3.94. The van der Waals surface area contributed by atoms with E-state index in [9.17, 15) is 18.0 Å². The second kappa shape index (κ2) is 11.0. The van der Waals surface area contributed by atoms with E-state index >= 15 is 0 Å². The minimum atomic E-state index is -5.08. The highest BCUT2D eigenvalue weighted by atomic mass is 19.4. The molecule has 2 saturated heterocycles. The van der Waals surface area contributed by atoms with Gasteiger partial charge in [-0.25, -0.2) is 4.79 Å². The van der Waals surface area contributed by atoms with Gasteiger partial charge in [-0.3, -0.25) is 9.69 Å². The van der Waals surface area contributed by atoms with Gasteiger partial charge in [0.1, 0.15) is 12.4 Å². The molecule has 0 saturated carbocycles. The number of ether oxygens (including phenoxy) is 2. The first-order chi connectivity index (χ1) is 14.6. The highest BCUT2D eigenvalue weighted by Crippen LogP contribution is 2.39. The Labute approximate surface area is 178 Å². The smallest absolute Gasteiger partial charge is 0.475 e. The normalized spacial score (nSPS) is 24.5. The van der Waals surface area contributed by atoms with Gasteiger partial charge in [0.15, 0.2) is 0 Å². The van der Waals surface area contributed by atoms with Crippen molar-refractivity contribution in [1.82, 2.24) is 9.80 Å². The van der Waals surface area contributed by atoms with E-state index < -0.39 is 12.1 Å². The maximum absolute atomic E-state index is 12.4. The number of rotatable bonds is 5. The van der Waals surface area contributed by atoms with Gasteiger partial charge in [-0.05, 0) is 25.0 Å².